The minimum absolute atomic E-state index is 0.00215. The molecule has 0 bridgehead atoms. The van der Waals surface area contributed by atoms with E-state index in [0.717, 1.165) is 11.5 Å². The van der Waals surface area contributed by atoms with E-state index in [1.165, 1.54) is 0 Å². The molecule has 0 unspecified atom stereocenters. The molecule has 8 heteroatoms. The van der Waals surface area contributed by atoms with E-state index in [-0.39, 0.29) is 16.5 Å². The van der Waals surface area contributed by atoms with Gasteiger partial charge in [-0.2, -0.15) is 4.37 Å². The van der Waals surface area contributed by atoms with Crippen molar-refractivity contribution >= 4 is 34.3 Å². The minimum Gasteiger partial charge on any atom is -0.478 e. The highest BCUT2D eigenvalue weighted by Crippen LogP contribution is 2.25. The number of aryl methyl sites for hydroxylation is 1. The number of aromatic nitrogens is 1. The summed E-state index contributed by atoms with van der Waals surface area (Å²) in [5.41, 5.74) is 0.357. The number of carbonyl (C=O) groups excluding carboxylic acids is 2. The lowest BCUT2D eigenvalue weighted by atomic mass is 10.2. The average Bonchev–Trinajstić information content (AvgIpc) is 2.85. The average molecular weight is 269 g/mol. The lowest BCUT2D eigenvalue weighted by Crippen LogP contribution is -2.37. The summed E-state index contributed by atoms with van der Waals surface area (Å²) in [4.78, 5) is 33.8. The number of amides is 2. The third kappa shape index (κ3) is 2.33. The van der Waals surface area contributed by atoms with Gasteiger partial charge in [0.1, 0.15) is 16.6 Å². The second kappa shape index (κ2) is 4.73. The molecule has 1 aliphatic heterocycles. The number of hydrogen-bond donors (Lipinski definition) is 3. The zero-order chi connectivity index (χ0) is 13.3. The van der Waals surface area contributed by atoms with E-state index >= 15 is 0 Å². The van der Waals surface area contributed by atoms with Crippen LogP contribution >= 0.6 is 11.5 Å². The third-order valence-corrected chi connectivity index (χ3v) is 3.48. The molecule has 1 aliphatic rings. The number of carbonyl (C=O) groups is 3. The molecule has 0 spiro atoms. The van der Waals surface area contributed by atoms with Gasteiger partial charge in [-0.05, 0) is 24.9 Å². The van der Waals surface area contributed by atoms with Crippen molar-refractivity contribution in [1.82, 2.24) is 9.69 Å². The molecule has 1 aromatic heterocycles. The van der Waals surface area contributed by atoms with Crippen LogP contribution in [0.15, 0.2) is 0 Å². The quantitative estimate of drug-likeness (QED) is 0.734. The van der Waals surface area contributed by atoms with Gasteiger partial charge in [0.25, 0.3) is 0 Å². The topological polar surface area (TPSA) is 108 Å². The maximum atomic E-state index is 11.8. The molecule has 1 fully saturated rings. The van der Waals surface area contributed by atoms with E-state index in [0.29, 0.717) is 18.5 Å². The number of aromatic carboxylic acids is 1. The van der Waals surface area contributed by atoms with Crippen LogP contribution in [0.2, 0.25) is 0 Å². The second-order valence-electron chi connectivity index (χ2n) is 3.93. The molecule has 7 nitrogen and oxygen atoms in total. The number of carboxylic acids is 1. The van der Waals surface area contributed by atoms with Gasteiger partial charge in [0.15, 0.2) is 0 Å². The van der Waals surface area contributed by atoms with Gasteiger partial charge in [-0.1, -0.05) is 0 Å². The first-order valence-corrected chi connectivity index (χ1v) is 6.06. The fourth-order valence-electron chi connectivity index (χ4n) is 1.72. The standard InChI is InChI=1S/C10H11N3O4S/c1-4-7(10(16)17)9(18-13-4)12-8(15)5-2-3-6(14)11-5/h5H,2-3H2,1H3,(H,11,14)(H,12,15)(H,16,17)/t5-/m1/s1. The molecule has 0 radical (unpaired) electrons. The zero-order valence-electron chi connectivity index (χ0n) is 9.52. The summed E-state index contributed by atoms with van der Waals surface area (Å²) in [5.74, 6) is -1.71. The molecule has 0 aliphatic carbocycles. The SMILES string of the molecule is Cc1nsc(NC(=O)[C@H]2CCC(=O)N2)c1C(=O)O. The van der Waals surface area contributed by atoms with Gasteiger partial charge >= 0.3 is 5.97 Å². The van der Waals surface area contributed by atoms with Crippen molar-refractivity contribution in [3.05, 3.63) is 11.3 Å². The van der Waals surface area contributed by atoms with Crippen LogP contribution in [0, 0.1) is 6.92 Å². The molecule has 96 valence electrons. The summed E-state index contributed by atoms with van der Waals surface area (Å²) in [7, 11) is 0. The van der Waals surface area contributed by atoms with E-state index in [1.807, 2.05) is 0 Å². The molecule has 1 atom stereocenters. The van der Waals surface area contributed by atoms with Crippen LogP contribution in [0.25, 0.3) is 0 Å². The third-order valence-electron chi connectivity index (χ3n) is 2.63. The van der Waals surface area contributed by atoms with Gasteiger partial charge in [-0.15, -0.1) is 0 Å². The largest absolute Gasteiger partial charge is 0.478 e. The Hall–Kier alpha value is -1.96. The van der Waals surface area contributed by atoms with Crippen molar-refractivity contribution in [3.63, 3.8) is 0 Å². The highest BCUT2D eigenvalue weighted by atomic mass is 32.1. The van der Waals surface area contributed by atoms with Crippen LogP contribution < -0.4 is 10.6 Å². The number of anilines is 1. The Balaban J connectivity index is 2.12. The Morgan fingerprint density at radius 3 is 2.83 bits per heavy atom. The number of rotatable bonds is 3. The van der Waals surface area contributed by atoms with E-state index in [9.17, 15) is 14.4 Å². The van der Waals surface area contributed by atoms with Crippen molar-refractivity contribution in [2.45, 2.75) is 25.8 Å². The van der Waals surface area contributed by atoms with E-state index in [2.05, 4.69) is 15.0 Å². The molecule has 2 amide bonds. The molecule has 0 saturated carbocycles. The van der Waals surface area contributed by atoms with Crippen LogP contribution in [0.3, 0.4) is 0 Å². The highest BCUT2D eigenvalue weighted by Gasteiger charge is 2.29. The number of nitrogens with zero attached hydrogens (tertiary/aromatic N) is 1. The molecule has 3 N–H and O–H groups in total. The first-order chi connectivity index (χ1) is 8.49. The van der Waals surface area contributed by atoms with Gasteiger partial charge in [-0.3, -0.25) is 9.59 Å². The van der Waals surface area contributed by atoms with Crippen LogP contribution in [0.1, 0.15) is 28.9 Å². The summed E-state index contributed by atoms with van der Waals surface area (Å²) >= 11 is 0.917. The fourth-order valence-corrected chi connectivity index (χ4v) is 2.51. The monoisotopic (exact) mass is 269 g/mol. The Kier molecular flexibility index (Phi) is 3.28. The Labute approximate surface area is 106 Å². The van der Waals surface area contributed by atoms with Crippen molar-refractivity contribution in [2.24, 2.45) is 0 Å². The summed E-state index contributed by atoms with van der Waals surface area (Å²) in [6, 6.07) is -0.596. The first kappa shape index (κ1) is 12.5. The molecule has 1 saturated heterocycles. The van der Waals surface area contributed by atoms with E-state index in [1.54, 1.807) is 6.92 Å². The van der Waals surface area contributed by atoms with Crippen LogP contribution in [-0.2, 0) is 9.59 Å². The van der Waals surface area contributed by atoms with E-state index in [4.69, 9.17) is 5.11 Å². The smallest absolute Gasteiger partial charge is 0.340 e. The lowest BCUT2D eigenvalue weighted by molar-refractivity contribution is -0.122. The predicted molar refractivity (Wildman–Crippen MR) is 63.6 cm³/mol. The molecular formula is C10H11N3O4S. The van der Waals surface area contributed by atoms with Gasteiger partial charge in [0, 0.05) is 6.42 Å². The van der Waals surface area contributed by atoms with Crippen molar-refractivity contribution < 1.29 is 19.5 Å². The molecule has 1 aromatic rings. The fraction of sp³-hybridized carbons (Fsp3) is 0.400. The number of carboxylic acid groups (broad SMARTS) is 1. The van der Waals surface area contributed by atoms with Crippen molar-refractivity contribution in [1.29, 1.82) is 0 Å². The van der Waals surface area contributed by atoms with Gasteiger partial charge in [-0.25, -0.2) is 4.79 Å². The normalized spacial score (nSPS) is 18.5. The number of hydrogen-bond acceptors (Lipinski definition) is 5. The van der Waals surface area contributed by atoms with Gasteiger partial charge < -0.3 is 15.7 Å². The van der Waals surface area contributed by atoms with Gasteiger partial charge in [0.2, 0.25) is 11.8 Å². The lowest BCUT2D eigenvalue weighted by Gasteiger charge is -2.09. The molecule has 18 heavy (non-hydrogen) atoms. The Morgan fingerprint density at radius 1 is 1.56 bits per heavy atom. The van der Waals surface area contributed by atoms with Crippen LogP contribution in [-0.4, -0.2) is 33.3 Å². The zero-order valence-corrected chi connectivity index (χ0v) is 10.3. The molecule has 0 aromatic carbocycles. The second-order valence-corrected chi connectivity index (χ2v) is 4.70. The van der Waals surface area contributed by atoms with Crippen LogP contribution in [0.5, 0.6) is 0 Å². The van der Waals surface area contributed by atoms with Gasteiger partial charge in [0.05, 0.1) is 5.69 Å². The summed E-state index contributed by atoms with van der Waals surface area (Å²) in [5, 5.41) is 14.2. The highest BCUT2D eigenvalue weighted by molar-refractivity contribution is 7.11. The maximum Gasteiger partial charge on any atom is 0.340 e. The summed E-state index contributed by atoms with van der Waals surface area (Å²) < 4.78 is 3.89. The predicted octanol–water partition coefficient (Wildman–Crippen LogP) is 0.367. The molecule has 2 heterocycles. The summed E-state index contributed by atoms with van der Waals surface area (Å²) in [6.07, 6.45) is 0.733. The Morgan fingerprint density at radius 2 is 2.28 bits per heavy atom. The van der Waals surface area contributed by atoms with Crippen LogP contribution in [0.4, 0.5) is 5.00 Å². The molecular weight excluding hydrogens is 258 g/mol. The first-order valence-electron chi connectivity index (χ1n) is 5.29. The van der Waals surface area contributed by atoms with E-state index < -0.39 is 17.9 Å². The van der Waals surface area contributed by atoms with Crippen molar-refractivity contribution in [2.75, 3.05) is 5.32 Å². The Bertz CT molecular complexity index is 525. The maximum absolute atomic E-state index is 11.8. The number of nitrogens with one attached hydrogen (secondary N) is 2. The van der Waals surface area contributed by atoms with Crippen molar-refractivity contribution in [3.8, 4) is 0 Å². The summed E-state index contributed by atoms with van der Waals surface area (Å²) in [6.45, 7) is 1.56. The minimum atomic E-state index is -1.13. The molecule has 2 rings (SSSR count).